The molecule has 0 saturated heterocycles. The fourth-order valence-corrected chi connectivity index (χ4v) is 4.41. The molecule has 36 heavy (non-hydrogen) atoms. The highest BCUT2D eigenvalue weighted by molar-refractivity contribution is 5.78. The van der Waals surface area contributed by atoms with Crippen LogP contribution in [0.1, 0.15) is 11.1 Å². The summed E-state index contributed by atoms with van der Waals surface area (Å²) in [5.41, 5.74) is 7.85. The minimum atomic E-state index is 0.610. The molecule has 0 aliphatic carbocycles. The number of para-hydroxylation sites is 5. The lowest BCUT2D eigenvalue weighted by Crippen LogP contribution is -1.96. The molecule has 3 aliphatic heterocycles. The zero-order chi connectivity index (χ0) is 24.4. The van der Waals surface area contributed by atoms with E-state index in [0.29, 0.717) is 6.73 Å². The Morgan fingerprint density at radius 2 is 1.11 bits per heavy atom. The van der Waals surface area contributed by atoms with Crippen LogP contribution in [0.3, 0.4) is 0 Å². The number of nitrogens with one attached hydrogen (secondary N) is 4. The Morgan fingerprint density at radius 1 is 0.528 bits per heavy atom. The molecule has 4 N–H and O–H groups in total. The van der Waals surface area contributed by atoms with Crippen molar-refractivity contribution < 1.29 is 4.74 Å². The van der Waals surface area contributed by atoms with Crippen molar-refractivity contribution in [3.8, 4) is 5.75 Å². The summed E-state index contributed by atoms with van der Waals surface area (Å²) in [4.78, 5) is 3.12. The first-order valence-electron chi connectivity index (χ1n) is 12.5. The summed E-state index contributed by atoms with van der Waals surface area (Å²) >= 11 is 0. The van der Waals surface area contributed by atoms with E-state index in [1.165, 1.54) is 46.2 Å². The predicted molar refractivity (Wildman–Crippen MR) is 151 cm³/mol. The van der Waals surface area contributed by atoms with E-state index in [9.17, 15) is 0 Å². The van der Waals surface area contributed by atoms with Gasteiger partial charge in [0.2, 0.25) is 0 Å². The van der Waals surface area contributed by atoms with Crippen molar-refractivity contribution in [3.05, 3.63) is 120 Å². The van der Waals surface area contributed by atoms with E-state index >= 15 is 0 Å². The average Bonchev–Trinajstić information content (AvgIpc) is 3.76. The summed E-state index contributed by atoms with van der Waals surface area (Å²) < 4.78 is 5.19. The third kappa shape index (κ3) is 5.99. The first kappa shape index (κ1) is 23.4. The third-order valence-electron chi connectivity index (χ3n) is 6.29. The number of hydrogen-bond donors (Lipinski definition) is 4. The molecule has 0 unspecified atom stereocenters. The van der Waals surface area contributed by atoms with Crippen molar-refractivity contribution in [1.82, 2.24) is 4.98 Å². The first-order chi connectivity index (χ1) is 17.9. The summed E-state index contributed by atoms with van der Waals surface area (Å²) in [6, 6.07) is 35.1. The molecule has 5 heteroatoms. The fourth-order valence-electron chi connectivity index (χ4n) is 4.41. The van der Waals surface area contributed by atoms with E-state index in [1.807, 2.05) is 42.6 Å². The lowest BCUT2D eigenvalue weighted by Gasteiger charge is -1.94. The van der Waals surface area contributed by atoms with E-state index < -0.39 is 0 Å². The Bertz CT molecular complexity index is 1180. The molecule has 0 fully saturated rings. The molecular formula is C31H32N4O. The number of fused-ring (bicyclic) bond motifs is 4. The Morgan fingerprint density at radius 3 is 1.75 bits per heavy atom. The molecule has 4 aromatic carbocycles. The van der Waals surface area contributed by atoms with Gasteiger partial charge in [0, 0.05) is 36.2 Å². The fraction of sp³-hybridized carbons (Fsp3) is 0.161. The quantitative estimate of drug-likeness (QED) is 0.196. The molecule has 1 aromatic heterocycles. The van der Waals surface area contributed by atoms with Crippen molar-refractivity contribution >= 4 is 28.0 Å². The molecule has 4 heterocycles. The Hall–Kier alpha value is -4.38. The van der Waals surface area contributed by atoms with Crippen LogP contribution in [0.4, 0.5) is 17.1 Å². The van der Waals surface area contributed by atoms with Crippen LogP contribution in [0.15, 0.2) is 109 Å². The van der Waals surface area contributed by atoms with Gasteiger partial charge in [-0.1, -0.05) is 66.7 Å². The van der Waals surface area contributed by atoms with Crippen LogP contribution in [0.25, 0.3) is 10.9 Å². The molecule has 0 radical (unpaired) electrons. The maximum absolute atomic E-state index is 5.19. The summed E-state index contributed by atoms with van der Waals surface area (Å²) in [5.74, 6) is 0.956. The van der Waals surface area contributed by atoms with Crippen molar-refractivity contribution in [1.29, 1.82) is 0 Å². The number of ether oxygens (including phenoxy) is 1. The van der Waals surface area contributed by atoms with E-state index in [0.717, 1.165) is 24.5 Å². The average molecular weight is 477 g/mol. The van der Waals surface area contributed by atoms with Gasteiger partial charge in [0.25, 0.3) is 0 Å². The van der Waals surface area contributed by atoms with Crippen molar-refractivity contribution in [2.24, 2.45) is 0 Å². The van der Waals surface area contributed by atoms with Gasteiger partial charge in [-0.2, -0.15) is 0 Å². The lowest BCUT2D eigenvalue weighted by atomic mass is 10.2. The highest BCUT2D eigenvalue weighted by Gasteiger charge is 2.07. The third-order valence-corrected chi connectivity index (χ3v) is 6.29. The van der Waals surface area contributed by atoms with Crippen molar-refractivity contribution in [2.45, 2.75) is 12.8 Å². The monoisotopic (exact) mass is 476 g/mol. The molecule has 0 saturated carbocycles. The van der Waals surface area contributed by atoms with Crippen LogP contribution >= 0.6 is 0 Å². The van der Waals surface area contributed by atoms with Crippen molar-refractivity contribution in [2.75, 3.05) is 35.8 Å². The van der Waals surface area contributed by atoms with Crippen LogP contribution < -0.4 is 20.7 Å². The van der Waals surface area contributed by atoms with Gasteiger partial charge in [0.1, 0.15) is 5.75 Å². The highest BCUT2D eigenvalue weighted by Crippen LogP contribution is 2.27. The molecule has 0 atom stereocenters. The predicted octanol–water partition coefficient (Wildman–Crippen LogP) is 6.93. The lowest BCUT2D eigenvalue weighted by molar-refractivity contribution is 0.372. The first-order valence-corrected chi connectivity index (χ1v) is 12.5. The second-order valence-electron chi connectivity index (χ2n) is 8.69. The van der Waals surface area contributed by atoms with Gasteiger partial charge in [0.05, 0.1) is 5.69 Å². The number of hydrogen-bond acceptors (Lipinski definition) is 4. The van der Waals surface area contributed by atoms with E-state index in [2.05, 4.69) is 87.7 Å². The molecule has 8 rings (SSSR count). The second-order valence-corrected chi connectivity index (χ2v) is 8.69. The minimum Gasteiger partial charge on any atom is -0.471 e. The number of aromatic amines is 1. The maximum atomic E-state index is 5.19. The second kappa shape index (κ2) is 11.8. The van der Waals surface area contributed by atoms with Gasteiger partial charge in [-0.25, -0.2) is 0 Å². The topological polar surface area (TPSA) is 61.1 Å². The van der Waals surface area contributed by atoms with E-state index in [-0.39, 0.29) is 0 Å². The molecule has 3 aliphatic rings. The van der Waals surface area contributed by atoms with Crippen LogP contribution in [0.2, 0.25) is 0 Å². The Labute approximate surface area is 212 Å². The molecule has 0 bridgehead atoms. The number of aromatic nitrogens is 1. The zero-order valence-electron chi connectivity index (χ0n) is 20.3. The zero-order valence-corrected chi connectivity index (χ0v) is 20.3. The van der Waals surface area contributed by atoms with Crippen LogP contribution in [-0.2, 0) is 12.8 Å². The smallest absolute Gasteiger partial charge is 0.159 e. The molecule has 5 aromatic rings. The summed E-state index contributed by atoms with van der Waals surface area (Å²) in [6.07, 6.45) is 4.33. The molecular weight excluding hydrogens is 444 g/mol. The number of H-pyrrole nitrogens is 1. The number of anilines is 3. The van der Waals surface area contributed by atoms with Gasteiger partial charge >= 0.3 is 0 Å². The normalized spacial score (nSPS) is 13.3. The standard InChI is InChI=1S/2C8H9N.C8H7N.C7H7NO/c3*1-2-4-8-7(3-1)5-6-9-8;1-2-4-7-6(3-1)8-5-9-7/h2*1-4,9H,5-6H2;1-6,9H;1-4,8H,5H2. The number of rotatable bonds is 0. The number of benzene rings is 4. The van der Waals surface area contributed by atoms with Gasteiger partial charge in [0.15, 0.2) is 6.73 Å². The van der Waals surface area contributed by atoms with Crippen molar-refractivity contribution in [3.63, 3.8) is 0 Å². The van der Waals surface area contributed by atoms with Crippen LogP contribution in [-0.4, -0.2) is 24.8 Å². The van der Waals surface area contributed by atoms with Gasteiger partial charge in [-0.3, -0.25) is 0 Å². The SMILES string of the molecule is c1ccc2[nH]ccc2c1.c1ccc2c(c1)CCN2.c1ccc2c(c1)CCN2.c1ccc2c(c1)NCO2. The van der Waals surface area contributed by atoms with Gasteiger partial charge in [-0.15, -0.1) is 0 Å². The van der Waals surface area contributed by atoms with E-state index in [4.69, 9.17) is 4.74 Å². The summed E-state index contributed by atoms with van der Waals surface area (Å²) in [6.45, 7) is 2.83. The summed E-state index contributed by atoms with van der Waals surface area (Å²) in [5, 5.41) is 11.0. The Kier molecular flexibility index (Phi) is 7.69. The van der Waals surface area contributed by atoms with Gasteiger partial charge in [-0.05, 0) is 65.8 Å². The highest BCUT2D eigenvalue weighted by atomic mass is 16.5. The summed E-state index contributed by atoms with van der Waals surface area (Å²) in [7, 11) is 0. The largest absolute Gasteiger partial charge is 0.471 e. The molecule has 0 spiro atoms. The Balaban J connectivity index is 0.0000000988. The minimum absolute atomic E-state index is 0.610. The molecule has 182 valence electrons. The van der Waals surface area contributed by atoms with E-state index in [1.54, 1.807) is 0 Å². The molecule has 0 amide bonds. The van der Waals surface area contributed by atoms with Crippen LogP contribution in [0, 0.1) is 0 Å². The van der Waals surface area contributed by atoms with Crippen LogP contribution in [0.5, 0.6) is 5.75 Å². The maximum Gasteiger partial charge on any atom is 0.159 e. The molecule has 5 nitrogen and oxygen atoms in total. The van der Waals surface area contributed by atoms with Gasteiger partial charge < -0.3 is 25.7 Å².